The van der Waals surface area contributed by atoms with Gasteiger partial charge in [0.15, 0.2) is 5.82 Å². The van der Waals surface area contributed by atoms with Gasteiger partial charge in [0.1, 0.15) is 22.7 Å². The van der Waals surface area contributed by atoms with Gasteiger partial charge in [-0.2, -0.15) is 0 Å². The van der Waals surface area contributed by atoms with E-state index in [9.17, 15) is 24.3 Å². The topological polar surface area (TPSA) is 169 Å². The number of hydrogen-bond acceptors (Lipinski definition) is 10. The van der Waals surface area contributed by atoms with Gasteiger partial charge in [-0.25, -0.2) is 14.3 Å². The maximum Gasteiger partial charge on any atom is 0.407 e. The maximum atomic E-state index is 13.2. The van der Waals surface area contributed by atoms with Crippen molar-refractivity contribution in [2.75, 3.05) is 5.75 Å². The molecule has 1 saturated heterocycles. The second-order valence-electron chi connectivity index (χ2n) is 11.1. The molecule has 0 radical (unpaired) electrons. The lowest BCUT2D eigenvalue weighted by atomic mass is 9.99. The number of aliphatic carboxylic acids is 1. The van der Waals surface area contributed by atoms with Gasteiger partial charge in [0, 0.05) is 36.2 Å². The first-order chi connectivity index (χ1) is 20.4. The van der Waals surface area contributed by atoms with Gasteiger partial charge in [0.25, 0.3) is 5.91 Å². The number of benzene rings is 1. The zero-order chi connectivity index (χ0) is 30.9. The van der Waals surface area contributed by atoms with E-state index in [1.165, 1.54) is 28.0 Å². The van der Waals surface area contributed by atoms with Crippen LogP contribution in [-0.2, 0) is 45.6 Å². The van der Waals surface area contributed by atoms with Gasteiger partial charge in [-0.05, 0) is 59.3 Å². The van der Waals surface area contributed by atoms with Crippen molar-refractivity contribution in [2.24, 2.45) is 7.05 Å². The summed E-state index contributed by atoms with van der Waals surface area (Å²) in [6.45, 7) is 5.48. The number of carboxylic acids is 1. The van der Waals surface area contributed by atoms with Gasteiger partial charge < -0.3 is 20.5 Å². The minimum Gasteiger partial charge on any atom is -0.477 e. The second kappa shape index (κ2) is 12.2. The number of rotatable bonds is 9. The van der Waals surface area contributed by atoms with Gasteiger partial charge >= 0.3 is 12.1 Å². The van der Waals surface area contributed by atoms with Crippen molar-refractivity contribution in [1.29, 1.82) is 0 Å². The molecule has 3 N–H and O–H groups in total. The number of fused-ring (bicyclic) bond motifs is 1. The Labute approximate surface area is 255 Å². The van der Waals surface area contributed by atoms with Gasteiger partial charge in [-0.3, -0.25) is 14.5 Å². The van der Waals surface area contributed by atoms with E-state index < -0.39 is 35.0 Å². The van der Waals surface area contributed by atoms with Crippen LogP contribution in [0.4, 0.5) is 4.79 Å². The van der Waals surface area contributed by atoms with Crippen LogP contribution in [0.25, 0.3) is 11.4 Å². The predicted molar refractivity (Wildman–Crippen MR) is 159 cm³/mol. The van der Waals surface area contributed by atoms with E-state index in [0.717, 1.165) is 16.0 Å². The highest BCUT2D eigenvalue weighted by atomic mass is 32.2. The standard InChI is InChI=1S/C28H31N7O6S2/c1-28(2,3)41-27(40)29-13-16-8-6-5-7-15(16)12-20(36)30-21-24(37)35-22(26(38)39)17(14-43-25(21)35)11-19-18(9-10-42-19)23-31-32-33-34(23)4/h5-10,21,25H,11-14H2,1-4H3,(H,29,40)(H,30,36)(H,38,39)/t21?,25-/m1/s1. The number of aromatic nitrogens is 4. The summed E-state index contributed by atoms with van der Waals surface area (Å²) in [5, 5.41) is 28.6. The quantitative estimate of drug-likeness (QED) is 0.301. The summed E-state index contributed by atoms with van der Waals surface area (Å²) in [6.07, 6.45) is -0.252. The summed E-state index contributed by atoms with van der Waals surface area (Å²) in [7, 11) is 1.73. The summed E-state index contributed by atoms with van der Waals surface area (Å²) in [6, 6.07) is 8.22. The zero-order valence-corrected chi connectivity index (χ0v) is 25.6. The van der Waals surface area contributed by atoms with Crippen molar-refractivity contribution >= 4 is 47.0 Å². The van der Waals surface area contributed by atoms with E-state index in [1.807, 2.05) is 11.4 Å². The Morgan fingerprint density at radius 1 is 1.16 bits per heavy atom. The van der Waals surface area contributed by atoms with Crippen LogP contribution in [0.2, 0.25) is 0 Å². The van der Waals surface area contributed by atoms with E-state index >= 15 is 0 Å². The highest BCUT2D eigenvalue weighted by Gasteiger charge is 2.54. The van der Waals surface area contributed by atoms with Crippen molar-refractivity contribution in [3.63, 3.8) is 0 Å². The molecule has 15 heteroatoms. The first-order valence-electron chi connectivity index (χ1n) is 13.4. The molecule has 43 heavy (non-hydrogen) atoms. The number of thioether (sulfide) groups is 1. The van der Waals surface area contributed by atoms with Crippen LogP contribution in [0.3, 0.4) is 0 Å². The molecular formula is C28H31N7O6S2. The van der Waals surface area contributed by atoms with Crippen LogP contribution < -0.4 is 10.6 Å². The minimum atomic E-state index is -1.19. The summed E-state index contributed by atoms with van der Waals surface area (Å²) >= 11 is 2.88. The molecule has 0 bridgehead atoms. The van der Waals surface area contributed by atoms with Gasteiger partial charge in [-0.15, -0.1) is 28.2 Å². The van der Waals surface area contributed by atoms with E-state index in [-0.39, 0.29) is 24.6 Å². The number of carbonyl (C=O) groups is 4. The van der Waals surface area contributed by atoms with Crippen LogP contribution in [0.15, 0.2) is 47.0 Å². The maximum absolute atomic E-state index is 13.2. The Kier molecular flexibility index (Phi) is 8.55. The molecule has 13 nitrogen and oxygen atoms in total. The van der Waals surface area contributed by atoms with Crippen molar-refractivity contribution in [3.05, 3.63) is 63.0 Å². The fourth-order valence-corrected chi connectivity index (χ4v) is 7.19. The van der Waals surface area contributed by atoms with Crippen LogP contribution in [0.1, 0.15) is 36.8 Å². The Morgan fingerprint density at radius 2 is 1.91 bits per heavy atom. The molecule has 4 heterocycles. The van der Waals surface area contributed by atoms with Crippen molar-refractivity contribution in [1.82, 2.24) is 35.7 Å². The van der Waals surface area contributed by atoms with Crippen molar-refractivity contribution in [2.45, 2.75) is 57.2 Å². The minimum absolute atomic E-state index is 0.0156. The SMILES string of the molecule is Cn1nnnc1-c1ccsc1CC1=C(C(=O)O)N2C(=O)C(NC(=O)Cc3ccccc3CNC(=O)OC(C)(C)C)[C@H]2SC1. The van der Waals surface area contributed by atoms with E-state index in [2.05, 4.69) is 26.2 Å². The number of carboxylic acid groups (broad SMARTS) is 1. The first-order valence-corrected chi connectivity index (χ1v) is 15.4. The monoisotopic (exact) mass is 625 g/mol. The van der Waals surface area contributed by atoms with Crippen LogP contribution in [0, 0.1) is 0 Å². The molecule has 0 saturated carbocycles. The Balaban J connectivity index is 1.25. The fourth-order valence-electron chi connectivity index (χ4n) is 4.93. The van der Waals surface area contributed by atoms with Crippen molar-refractivity contribution < 1.29 is 29.0 Å². The Bertz CT molecular complexity index is 1610. The highest BCUT2D eigenvalue weighted by Crippen LogP contribution is 2.42. The summed E-state index contributed by atoms with van der Waals surface area (Å²) < 4.78 is 6.83. The van der Waals surface area contributed by atoms with Crippen LogP contribution >= 0.6 is 23.1 Å². The molecule has 3 amide bonds. The molecule has 2 atom stereocenters. The molecule has 5 rings (SSSR count). The van der Waals surface area contributed by atoms with Crippen molar-refractivity contribution in [3.8, 4) is 11.4 Å². The summed E-state index contributed by atoms with van der Waals surface area (Å²) in [4.78, 5) is 52.9. The highest BCUT2D eigenvalue weighted by molar-refractivity contribution is 8.00. The number of alkyl carbamates (subject to hydrolysis) is 1. The fraction of sp³-hybridized carbons (Fsp3) is 0.393. The number of amides is 3. The average Bonchev–Trinajstić information content (AvgIpc) is 3.57. The number of hydrogen-bond donors (Lipinski definition) is 3. The smallest absolute Gasteiger partial charge is 0.407 e. The van der Waals surface area contributed by atoms with E-state index in [1.54, 1.807) is 56.8 Å². The molecule has 2 aliphatic heterocycles. The lowest BCUT2D eigenvalue weighted by molar-refractivity contribution is -0.150. The molecule has 3 aromatic rings. The van der Waals surface area contributed by atoms with Crippen LogP contribution in [-0.4, -0.2) is 76.9 Å². The predicted octanol–water partition coefficient (Wildman–Crippen LogP) is 2.49. The molecule has 2 aromatic heterocycles. The molecule has 1 aromatic carbocycles. The number of nitrogens with one attached hydrogen (secondary N) is 2. The van der Waals surface area contributed by atoms with Crippen LogP contribution in [0.5, 0.6) is 0 Å². The molecule has 1 fully saturated rings. The third kappa shape index (κ3) is 6.57. The summed E-state index contributed by atoms with van der Waals surface area (Å²) in [5.41, 5.74) is 2.16. The molecule has 226 valence electrons. The number of tetrazole rings is 1. The van der Waals surface area contributed by atoms with E-state index in [0.29, 0.717) is 29.1 Å². The number of β-lactam (4-membered cyclic amide) rings is 1. The molecular weight excluding hydrogens is 594 g/mol. The van der Waals surface area contributed by atoms with Gasteiger partial charge in [0.05, 0.1) is 6.42 Å². The molecule has 1 unspecified atom stereocenters. The lowest BCUT2D eigenvalue weighted by Gasteiger charge is -2.49. The van der Waals surface area contributed by atoms with Gasteiger partial charge in [-0.1, -0.05) is 24.3 Å². The zero-order valence-electron chi connectivity index (χ0n) is 24.0. The molecule has 2 aliphatic rings. The van der Waals surface area contributed by atoms with E-state index in [4.69, 9.17) is 4.74 Å². The Morgan fingerprint density at radius 3 is 2.58 bits per heavy atom. The third-order valence-corrected chi connectivity index (χ3v) is 9.10. The number of carbonyl (C=O) groups excluding carboxylic acids is 3. The normalized spacial score (nSPS) is 18.1. The Hall–Kier alpha value is -4.24. The first kappa shape index (κ1) is 30.2. The molecule has 0 spiro atoms. The molecule has 0 aliphatic carbocycles. The summed E-state index contributed by atoms with van der Waals surface area (Å²) in [5.74, 6) is -1.08. The largest absolute Gasteiger partial charge is 0.477 e. The number of nitrogens with zero attached hydrogens (tertiary/aromatic N) is 5. The van der Waals surface area contributed by atoms with Gasteiger partial charge in [0.2, 0.25) is 5.91 Å². The second-order valence-corrected chi connectivity index (χ2v) is 13.2. The third-order valence-electron chi connectivity index (χ3n) is 6.84. The number of ether oxygens (including phenoxy) is 1. The number of aryl methyl sites for hydroxylation is 1. The number of thiophene rings is 1. The lowest BCUT2D eigenvalue weighted by Crippen LogP contribution is -2.70. The average molecular weight is 626 g/mol.